The van der Waals surface area contributed by atoms with Crippen LogP contribution in [0.4, 0.5) is 21.0 Å². The minimum atomic E-state index is -1.34. The van der Waals surface area contributed by atoms with Gasteiger partial charge in [-0.25, -0.2) is 9.59 Å². The van der Waals surface area contributed by atoms with E-state index < -0.39 is 48.2 Å². The van der Waals surface area contributed by atoms with Gasteiger partial charge in [0.05, 0.1) is 11.0 Å². The third kappa shape index (κ3) is 8.26. The van der Waals surface area contributed by atoms with E-state index in [0.717, 1.165) is 41.2 Å². The van der Waals surface area contributed by atoms with E-state index in [1.54, 1.807) is 60.7 Å². The van der Waals surface area contributed by atoms with Gasteiger partial charge in [0.1, 0.15) is 24.2 Å². The molecule has 8 rings (SSSR count). The summed E-state index contributed by atoms with van der Waals surface area (Å²) in [4.78, 5) is 81.4. The largest absolute Gasteiger partial charge is 0.465 e. The molecule has 15 nitrogen and oxygen atoms in total. The van der Waals surface area contributed by atoms with E-state index in [4.69, 9.17) is 0 Å². The Bertz CT molecular complexity index is 2270. The first-order valence-corrected chi connectivity index (χ1v) is 19.9. The van der Waals surface area contributed by atoms with Gasteiger partial charge in [-0.2, -0.15) is 0 Å². The standard InChI is InChI=1S/C44H45N7O8/c52-39(33-13-7-21-49(33)41(54)37(47-43(56)57)27-9-3-1-4-10-27)45-29-17-19-31-32-20-18-30(24-36(32)51(35(31)23-29)25-26-15-16-26)46-40(53)34-14-8-22-50(34)42(55)38(48-44(58)59)28-11-5-2-6-12-28/h1-6,9-12,17-20,23-24,26,33-34,37-38,47-48H,7-8,13-16,21-22,25H2,(H,45,52)(H,46,53)(H,56,57)(H,58,59)/t33-,34-,37?,38?/m0/s1. The van der Waals surface area contributed by atoms with Gasteiger partial charge in [0, 0.05) is 41.8 Å². The zero-order valence-electron chi connectivity index (χ0n) is 32.2. The number of rotatable bonds is 12. The lowest BCUT2D eigenvalue weighted by atomic mass is 10.0. The molecule has 4 atom stereocenters. The minimum Gasteiger partial charge on any atom is -0.465 e. The zero-order valence-corrected chi connectivity index (χ0v) is 32.2. The topological polar surface area (TPSA) is 202 Å². The summed E-state index contributed by atoms with van der Waals surface area (Å²) in [6.45, 7) is 1.38. The number of likely N-dealkylation sites (tertiary alicyclic amines) is 2. The second kappa shape index (κ2) is 16.5. The number of hydrogen-bond acceptors (Lipinski definition) is 6. The second-order valence-corrected chi connectivity index (χ2v) is 15.5. The molecule has 2 unspecified atom stereocenters. The third-order valence-corrected chi connectivity index (χ3v) is 11.5. The van der Waals surface area contributed by atoms with E-state index in [0.29, 0.717) is 67.2 Å². The van der Waals surface area contributed by atoms with Crippen LogP contribution in [0.3, 0.4) is 0 Å². The molecule has 1 aliphatic carbocycles. The van der Waals surface area contributed by atoms with E-state index in [-0.39, 0.29) is 11.8 Å². The first-order chi connectivity index (χ1) is 28.5. The number of carbonyl (C=O) groups excluding carboxylic acids is 4. The molecule has 304 valence electrons. The van der Waals surface area contributed by atoms with Crippen LogP contribution in [0.2, 0.25) is 0 Å². The van der Waals surface area contributed by atoms with Gasteiger partial charge in [-0.15, -0.1) is 0 Å². The molecule has 5 aromatic rings. The van der Waals surface area contributed by atoms with Crippen LogP contribution in [0.15, 0.2) is 97.1 Å². The Morgan fingerprint density at radius 3 is 1.39 bits per heavy atom. The maximum atomic E-state index is 13.8. The zero-order chi connectivity index (χ0) is 41.2. The molecular weight excluding hydrogens is 755 g/mol. The summed E-state index contributed by atoms with van der Waals surface area (Å²) in [6.07, 6.45) is 1.56. The highest BCUT2D eigenvalue weighted by Crippen LogP contribution is 2.38. The Kier molecular flexibility index (Phi) is 10.9. The average Bonchev–Trinajstić information content (AvgIpc) is 3.56. The number of fused-ring (bicyclic) bond motifs is 3. The molecule has 6 N–H and O–H groups in total. The van der Waals surface area contributed by atoms with E-state index >= 15 is 0 Å². The minimum absolute atomic E-state index is 0.320. The van der Waals surface area contributed by atoms with Crippen molar-refractivity contribution in [3.05, 3.63) is 108 Å². The summed E-state index contributed by atoms with van der Waals surface area (Å²) >= 11 is 0. The molecule has 3 fully saturated rings. The number of carbonyl (C=O) groups is 6. The van der Waals surface area contributed by atoms with Crippen molar-refractivity contribution in [2.75, 3.05) is 23.7 Å². The lowest BCUT2D eigenvalue weighted by Gasteiger charge is -2.28. The molecule has 3 aliphatic rings. The predicted octanol–water partition coefficient (Wildman–Crippen LogP) is 6.08. The van der Waals surface area contributed by atoms with Crippen molar-refractivity contribution in [2.45, 2.75) is 69.2 Å². The Hall–Kier alpha value is -6.90. The number of nitrogens with zero attached hydrogens (tertiary/aromatic N) is 3. The number of benzene rings is 4. The summed E-state index contributed by atoms with van der Waals surface area (Å²) in [5.41, 5.74) is 3.87. The molecule has 1 aromatic heterocycles. The van der Waals surface area contributed by atoms with Crippen LogP contribution < -0.4 is 21.3 Å². The lowest BCUT2D eigenvalue weighted by Crippen LogP contribution is -2.48. The summed E-state index contributed by atoms with van der Waals surface area (Å²) in [7, 11) is 0. The molecule has 4 aromatic carbocycles. The lowest BCUT2D eigenvalue weighted by molar-refractivity contribution is -0.138. The van der Waals surface area contributed by atoms with Gasteiger partial charge in [-0.05, 0) is 79.8 Å². The molecule has 6 amide bonds. The van der Waals surface area contributed by atoms with E-state index in [9.17, 15) is 39.0 Å². The maximum absolute atomic E-state index is 13.8. The maximum Gasteiger partial charge on any atom is 0.405 e. The Morgan fingerprint density at radius 2 is 1.00 bits per heavy atom. The van der Waals surface area contributed by atoms with Crippen LogP contribution in [0.5, 0.6) is 0 Å². The normalized spacial score (nSPS) is 18.6. The van der Waals surface area contributed by atoms with Gasteiger partial charge in [0.2, 0.25) is 11.8 Å². The Morgan fingerprint density at radius 1 is 0.576 bits per heavy atom. The van der Waals surface area contributed by atoms with Crippen molar-refractivity contribution in [1.82, 2.24) is 25.0 Å². The van der Waals surface area contributed by atoms with Gasteiger partial charge in [-0.1, -0.05) is 72.8 Å². The van der Waals surface area contributed by atoms with Crippen LogP contribution >= 0.6 is 0 Å². The highest BCUT2D eigenvalue weighted by Gasteiger charge is 2.40. The number of hydrogen-bond donors (Lipinski definition) is 6. The third-order valence-electron chi connectivity index (χ3n) is 11.5. The first-order valence-electron chi connectivity index (χ1n) is 19.9. The van der Waals surface area contributed by atoms with Crippen molar-refractivity contribution in [3.63, 3.8) is 0 Å². The fraction of sp³-hybridized carbons (Fsp3) is 0.318. The summed E-state index contributed by atoms with van der Waals surface area (Å²) < 4.78 is 2.20. The Labute approximate surface area is 339 Å². The number of amides is 6. The number of anilines is 2. The van der Waals surface area contributed by atoms with E-state index in [2.05, 4.69) is 25.8 Å². The van der Waals surface area contributed by atoms with Crippen LogP contribution in [0.1, 0.15) is 61.7 Å². The van der Waals surface area contributed by atoms with E-state index in [1.165, 1.54) is 9.80 Å². The molecule has 0 spiro atoms. The quantitative estimate of drug-likeness (QED) is 0.0871. The molecular formula is C44H45N7O8. The van der Waals surface area contributed by atoms with E-state index in [1.807, 2.05) is 36.4 Å². The summed E-state index contributed by atoms with van der Waals surface area (Å²) in [5.74, 6) is -1.22. The highest BCUT2D eigenvalue weighted by atomic mass is 16.4. The van der Waals surface area contributed by atoms with Gasteiger partial charge >= 0.3 is 12.2 Å². The highest BCUT2D eigenvalue weighted by molar-refractivity contribution is 6.11. The predicted molar refractivity (Wildman–Crippen MR) is 220 cm³/mol. The molecule has 2 aliphatic heterocycles. The summed E-state index contributed by atoms with van der Waals surface area (Å²) in [6, 6.07) is 24.7. The fourth-order valence-electron chi connectivity index (χ4n) is 8.51. The average molecular weight is 800 g/mol. The van der Waals surface area contributed by atoms with Gasteiger partial charge in [0.15, 0.2) is 0 Å². The molecule has 0 radical (unpaired) electrons. The molecule has 0 bridgehead atoms. The van der Waals surface area contributed by atoms with Crippen molar-refractivity contribution >= 4 is 69.0 Å². The molecule has 1 saturated carbocycles. The van der Waals surface area contributed by atoms with Crippen molar-refractivity contribution in [1.29, 1.82) is 0 Å². The number of carboxylic acid groups (broad SMARTS) is 2. The second-order valence-electron chi connectivity index (χ2n) is 15.5. The smallest absolute Gasteiger partial charge is 0.405 e. The van der Waals surface area contributed by atoms with Crippen molar-refractivity contribution in [3.8, 4) is 0 Å². The fourth-order valence-corrected chi connectivity index (χ4v) is 8.51. The van der Waals surface area contributed by atoms with Gasteiger partial charge in [-0.3, -0.25) is 19.2 Å². The first kappa shape index (κ1) is 38.9. The van der Waals surface area contributed by atoms with Gasteiger partial charge < -0.3 is 45.8 Å². The number of nitrogens with one attached hydrogen (secondary N) is 4. The molecule has 2 saturated heterocycles. The van der Waals surface area contributed by atoms with Crippen LogP contribution in [0, 0.1) is 5.92 Å². The molecule has 59 heavy (non-hydrogen) atoms. The van der Waals surface area contributed by atoms with Crippen LogP contribution in [0.25, 0.3) is 21.8 Å². The van der Waals surface area contributed by atoms with Crippen LogP contribution in [-0.2, 0) is 25.7 Å². The molecule has 15 heteroatoms. The Balaban J connectivity index is 1.02. The van der Waals surface area contributed by atoms with Crippen molar-refractivity contribution in [2.24, 2.45) is 5.92 Å². The molecule has 3 heterocycles. The number of aromatic nitrogens is 1. The van der Waals surface area contributed by atoms with Crippen molar-refractivity contribution < 1.29 is 39.0 Å². The summed E-state index contributed by atoms with van der Waals surface area (Å²) in [5, 5.41) is 31.6. The van der Waals surface area contributed by atoms with Gasteiger partial charge in [0.25, 0.3) is 11.8 Å². The SMILES string of the molecule is O=C(O)NC(C(=O)N1CCC[C@H]1C(=O)Nc1ccc2c3ccc(NC(=O)[C@@H]4CCCN4C(=O)C(NC(=O)O)c4ccccc4)cc3n(CC3CC3)c2c1)c1ccccc1. The monoisotopic (exact) mass is 799 g/mol. The van der Waals surface area contributed by atoms with Crippen LogP contribution in [-0.4, -0.2) is 85.6 Å².